The summed E-state index contributed by atoms with van der Waals surface area (Å²) in [4.78, 5) is 11.8. The smallest absolute Gasteiger partial charge is 0.308 e. The van der Waals surface area contributed by atoms with E-state index in [2.05, 4.69) is 27.7 Å². The van der Waals surface area contributed by atoms with Gasteiger partial charge < -0.3 is 48.8 Å². The lowest BCUT2D eigenvalue weighted by Gasteiger charge is -2.48. The number of ether oxygens (including phenoxy) is 6. The van der Waals surface area contributed by atoms with Crippen molar-refractivity contribution in [1.82, 2.24) is 0 Å². The Kier molecular flexibility index (Phi) is 10.4. The summed E-state index contributed by atoms with van der Waals surface area (Å²) in [5, 5.41) is 41.7. The number of carboxylic acid groups (broad SMARTS) is 1. The first kappa shape index (κ1) is 36.4. The molecule has 11 heteroatoms. The number of aliphatic hydroxyl groups excluding tert-OH is 2. The molecule has 46 heavy (non-hydrogen) atoms. The molecule has 0 aliphatic carbocycles. The molecule has 0 bridgehead atoms. The highest BCUT2D eigenvalue weighted by Gasteiger charge is 2.61. The van der Waals surface area contributed by atoms with Crippen LogP contribution in [0, 0.1) is 35.5 Å². The van der Waals surface area contributed by atoms with Crippen molar-refractivity contribution in [2.24, 2.45) is 35.5 Å². The molecule has 11 nitrogen and oxygen atoms in total. The summed E-state index contributed by atoms with van der Waals surface area (Å²) in [7, 11) is 1.52. The van der Waals surface area contributed by atoms with Gasteiger partial charge in [-0.25, -0.2) is 0 Å². The fourth-order valence-electron chi connectivity index (χ4n) is 9.64. The quantitative estimate of drug-likeness (QED) is 0.286. The van der Waals surface area contributed by atoms with Crippen LogP contribution < -0.4 is 0 Å². The fraction of sp³-hybridized carbons (Fsp3) is 0.971. The normalized spacial score (nSPS) is 51.7. The van der Waals surface area contributed by atoms with E-state index in [1.807, 2.05) is 20.8 Å². The van der Waals surface area contributed by atoms with Crippen molar-refractivity contribution in [3.63, 3.8) is 0 Å². The minimum absolute atomic E-state index is 0.167. The van der Waals surface area contributed by atoms with Crippen LogP contribution in [0.2, 0.25) is 0 Å². The van der Waals surface area contributed by atoms with Crippen molar-refractivity contribution in [2.45, 2.75) is 166 Å². The van der Waals surface area contributed by atoms with Crippen LogP contribution in [0.5, 0.6) is 0 Å². The van der Waals surface area contributed by atoms with Gasteiger partial charge in [0.25, 0.3) is 0 Å². The van der Waals surface area contributed by atoms with Gasteiger partial charge in [-0.05, 0) is 64.7 Å². The molecule has 0 radical (unpaired) electrons. The zero-order valence-electron chi connectivity index (χ0n) is 29.3. The maximum absolute atomic E-state index is 11.8. The van der Waals surface area contributed by atoms with E-state index < -0.39 is 59.6 Å². The van der Waals surface area contributed by atoms with E-state index in [-0.39, 0.29) is 54.0 Å². The second-order valence-corrected chi connectivity index (χ2v) is 16.2. The van der Waals surface area contributed by atoms with E-state index in [4.69, 9.17) is 28.4 Å². The summed E-state index contributed by atoms with van der Waals surface area (Å²) >= 11 is 0. The lowest BCUT2D eigenvalue weighted by molar-refractivity contribution is -0.336. The van der Waals surface area contributed by atoms with Crippen molar-refractivity contribution in [1.29, 1.82) is 0 Å². The lowest BCUT2D eigenvalue weighted by Crippen LogP contribution is -2.57. The third-order valence-electron chi connectivity index (χ3n) is 12.6. The monoisotopic (exact) mass is 656 g/mol. The van der Waals surface area contributed by atoms with Crippen LogP contribution in [0.25, 0.3) is 0 Å². The molecule has 4 N–H and O–H groups in total. The number of hydrogen-bond acceptors (Lipinski definition) is 10. The zero-order chi connectivity index (χ0) is 34.0. The second kappa shape index (κ2) is 13.1. The minimum Gasteiger partial charge on any atom is -0.481 e. The largest absolute Gasteiger partial charge is 0.481 e. The van der Waals surface area contributed by atoms with Crippen LogP contribution in [0.4, 0.5) is 0 Å². The molecule has 5 saturated heterocycles. The first-order valence-electron chi connectivity index (χ1n) is 17.6. The van der Waals surface area contributed by atoms with E-state index >= 15 is 0 Å². The minimum atomic E-state index is -1.56. The number of methoxy groups -OCH3 is 1. The molecule has 5 aliphatic heterocycles. The second-order valence-electron chi connectivity index (χ2n) is 16.2. The van der Waals surface area contributed by atoms with E-state index in [0.29, 0.717) is 19.3 Å². The molecule has 1 unspecified atom stereocenters. The Bertz CT molecular complexity index is 1090. The van der Waals surface area contributed by atoms with E-state index in [0.717, 1.165) is 25.7 Å². The summed E-state index contributed by atoms with van der Waals surface area (Å²) in [6.45, 7) is 15.5. The Morgan fingerprint density at radius 3 is 2.30 bits per heavy atom. The van der Waals surface area contributed by atoms with Gasteiger partial charge in [-0.15, -0.1) is 0 Å². The highest BCUT2D eigenvalue weighted by molar-refractivity contribution is 5.70. The Balaban J connectivity index is 1.26. The maximum atomic E-state index is 11.8. The van der Waals surface area contributed by atoms with Crippen LogP contribution in [0.15, 0.2) is 0 Å². The number of carbonyl (C=O) groups is 1. The molecule has 1 spiro atoms. The standard InChI is InChI=1S/C35H60O11/c1-18-14-20(3)35(40,17-36)45-27(18)25-15-19(2)30(42-25)33(8)11-10-26(43-33)32(7)12-13-34(46-32)16-24(37)21(4)29(44-34)22(5)28(41-9)23(6)31(38)39/h18-30,36-37,40H,10-17H2,1-9H3,(H,38,39)/t18-,19-,20+,21+,22-,23-,24-,25+,26+,27?,28+,29-,30+,32-,33-,34+,35-/m0/s1. The summed E-state index contributed by atoms with van der Waals surface area (Å²) in [5.41, 5.74) is -1.19. The molecule has 5 fully saturated rings. The van der Waals surface area contributed by atoms with Crippen molar-refractivity contribution < 1.29 is 53.6 Å². The predicted molar refractivity (Wildman–Crippen MR) is 168 cm³/mol. The number of aliphatic hydroxyl groups is 3. The Morgan fingerprint density at radius 1 is 0.978 bits per heavy atom. The first-order valence-corrected chi connectivity index (χ1v) is 17.6. The number of rotatable bonds is 9. The van der Waals surface area contributed by atoms with Crippen molar-refractivity contribution in [3.8, 4) is 0 Å². The van der Waals surface area contributed by atoms with Crippen LogP contribution in [-0.2, 0) is 33.2 Å². The zero-order valence-corrected chi connectivity index (χ0v) is 29.3. The summed E-state index contributed by atoms with van der Waals surface area (Å²) in [5.74, 6) is -4.52. The van der Waals surface area contributed by atoms with Crippen molar-refractivity contribution in [3.05, 3.63) is 0 Å². The molecule has 5 rings (SSSR count). The molecule has 0 aromatic rings. The van der Waals surface area contributed by atoms with Gasteiger partial charge in [-0.3, -0.25) is 4.79 Å². The average Bonchev–Trinajstić information content (AvgIpc) is 3.69. The van der Waals surface area contributed by atoms with Gasteiger partial charge in [0.2, 0.25) is 0 Å². The highest BCUT2D eigenvalue weighted by Crippen LogP contribution is 2.54. The van der Waals surface area contributed by atoms with Crippen molar-refractivity contribution >= 4 is 5.97 Å². The molecule has 0 aromatic heterocycles. The molecule has 0 amide bonds. The topological polar surface area (TPSA) is 153 Å². The van der Waals surface area contributed by atoms with E-state index in [1.165, 1.54) is 7.11 Å². The van der Waals surface area contributed by atoms with Crippen LogP contribution >= 0.6 is 0 Å². The van der Waals surface area contributed by atoms with Crippen LogP contribution in [0.1, 0.15) is 100 Å². The number of carboxylic acids is 1. The highest BCUT2D eigenvalue weighted by atomic mass is 16.7. The molecule has 266 valence electrons. The summed E-state index contributed by atoms with van der Waals surface area (Å²) < 4.78 is 39.1. The SMILES string of the molecule is CO[C@H]([C@H](C)[C@H]1O[C@@]2(CC[C@@](C)([C@H]3CC[C@@](C)([C@@H]4O[C@@H](C5O[C@@](O)(CO)[C@H](C)C[C@@H]5C)C[C@@H]4C)O3)O2)C[C@H](O)[C@H]1C)[C@H](C)C(=O)O. The maximum Gasteiger partial charge on any atom is 0.308 e. The lowest BCUT2D eigenvalue weighted by atomic mass is 9.78. The average molecular weight is 657 g/mol. The number of hydrogen-bond donors (Lipinski definition) is 4. The van der Waals surface area contributed by atoms with Crippen LogP contribution in [-0.4, -0.2) is 106 Å². The van der Waals surface area contributed by atoms with Gasteiger partial charge >= 0.3 is 5.97 Å². The molecule has 5 aliphatic rings. The Morgan fingerprint density at radius 2 is 1.67 bits per heavy atom. The fourth-order valence-corrected chi connectivity index (χ4v) is 9.64. The van der Waals surface area contributed by atoms with Crippen LogP contribution in [0.3, 0.4) is 0 Å². The van der Waals surface area contributed by atoms with Gasteiger partial charge in [0, 0.05) is 37.7 Å². The summed E-state index contributed by atoms with van der Waals surface area (Å²) in [6, 6.07) is 0. The molecule has 0 saturated carbocycles. The molecule has 17 atom stereocenters. The van der Waals surface area contributed by atoms with Gasteiger partial charge in [0.1, 0.15) is 0 Å². The third-order valence-corrected chi connectivity index (χ3v) is 12.6. The molecule has 5 heterocycles. The Hall–Kier alpha value is -0.890. The summed E-state index contributed by atoms with van der Waals surface area (Å²) in [6.07, 6.45) is 2.15. The van der Waals surface area contributed by atoms with E-state index in [9.17, 15) is 25.2 Å². The van der Waals surface area contributed by atoms with Crippen molar-refractivity contribution in [2.75, 3.05) is 13.7 Å². The van der Waals surface area contributed by atoms with Gasteiger partial charge in [0.05, 0.1) is 66.5 Å². The first-order chi connectivity index (χ1) is 21.4. The Labute approximate surface area is 274 Å². The van der Waals surface area contributed by atoms with E-state index in [1.54, 1.807) is 6.92 Å². The van der Waals surface area contributed by atoms with Gasteiger partial charge in [-0.1, -0.05) is 34.6 Å². The van der Waals surface area contributed by atoms with Gasteiger partial charge in [0.15, 0.2) is 11.6 Å². The van der Waals surface area contributed by atoms with Gasteiger partial charge in [-0.2, -0.15) is 0 Å². The number of aliphatic carboxylic acids is 1. The third kappa shape index (κ3) is 6.42. The molecular formula is C35H60O11. The molecule has 0 aromatic carbocycles. The predicted octanol–water partition coefficient (Wildman–Crippen LogP) is 3.88. The molecular weight excluding hydrogens is 596 g/mol.